The van der Waals surface area contributed by atoms with Gasteiger partial charge in [-0.3, -0.25) is 24.8 Å². The van der Waals surface area contributed by atoms with Crippen LogP contribution in [0.2, 0.25) is 0 Å². The van der Waals surface area contributed by atoms with Crippen molar-refractivity contribution in [2.24, 2.45) is 0 Å². The van der Waals surface area contributed by atoms with Crippen LogP contribution in [0.3, 0.4) is 0 Å². The fourth-order valence-electron chi connectivity index (χ4n) is 2.33. The topological polar surface area (TPSA) is 88.4 Å². The highest BCUT2D eigenvalue weighted by atomic mass is 32.2. The Morgan fingerprint density at radius 3 is 2.84 bits per heavy atom. The van der Waals surface area contributed by atoms with E-state index in [0.29, 0.717) is 26.2 Å². The van der Waals surface area contributed by atoms with E-state index in [9.17, 15) is 14.9 Å². The van der Waals surface area contributed by atoms with Gasteiger partial charge in [0.05, 0.1) is 21.7 Å². The zero-order valence-electron chi connectivity index (χ0n) is 13.0. The molecule has 1 N–H and O–H groups in total. The van der Waals surface area contributed by atoms with Gasteiger partial charge in [0.1, 0.15) is 5.69 Å². The molecule has 1 aromatic heterocycles. The van der Waals surface area contributed by atoms with E-state index < -0.39 is 4.92 Å². The molecule has 25 heavy (non-hydrogen) atoms. The molecule has 9 heteroatoms. The highest BCUT2D eigenvalue weighted by molar-refractivity contribution is 8.27. The van der Waals surface area contributed by atoms with E-state index in [1.165, 1.54) is 11.0 Å². The number of carbonyl (C=O) groups excluding carboxylic acids is 1. The summed E-state index contributed by atoms with van der Waals surface area (Å²) >= 11 is 6.43. The number of nitrogens with one attached hydrogen (secondary N) is 1. The summed E-state index contributed by atoms with van der Waals surface area (Å²) < 4.78 is 0.394. The number of nitro groups is 1. The van der Waals surface area contributed by atoms with Gasteiger partial charge in [0.2, 0.25) is 0 Å². The third-order valence-electron chi connectivity index (χ3n) is 3.48. The van der Waals surface area contributed by atoms with E-state index >= 15 is 0 Å². The molecule has 0 aliphatic carbocycles. The average Bonchev–Trinajstić information content (AvgIpc) is 2.89. The predicted molar refractivity (Wildman–Crippen MR) is 103 cm³/mol. The third-order valence-corrected chi connectivity index (χ3v) is 4.79. The average molecular weight is 372 g/mol. The van der Waals surface area contributed by atoms with Crippen molar-refractivity contribution in [2.45, 2.75) is 0 Å². The summed E-state index contributed by atoms with van der Waals surface area (Å²) in [5, 5.41) is 13.9. The van der Waals surface area contributed by atoms with Crippen molar-refractivity contribution in [1.82, 2.24) is 4.98 Å². The summed E-state index contributed by atoms with van der Waals surface area (Å²) in [5.41, 5.74) is 1.49. The molecule has 2 aromatic rings. The lowest BCUT2D eigenvalue weighted by molar-refractivity contribution is -0.384. The van der Waals surface area contributed by atoms with Crippen LogP contribution in [0, 0.1) is 10.1 Å². The number of benzene rings is 1. The van der Waals surface area contributed by atoms with E-state index in [0.717, 1.165) is 11.8 Å². The fraction of sp³-hybridized carbons (Fsp3) is 0.0625. The second-order valence-electron chi connectivity index (χ2n) is 5.01. The third kappa shape index (κ3) is 3.37. The Morgan fingerprint density at radius 1 is 1.40 bits per heavy atom. The lowest BCUT2D eigenvalue weighted by Gasteiger charge is -2.13. The van der Waals surface area contributed by atoms with Crippen LogP contribution >= 0.6 is 24.0 Å². The molecule has 3 rings (SSSR count). The zero-order chi connectivity index (χ0) is 18.0. The summed E-state index contributed by atoms with van der Waals surface area (Å²) in [4.78, 5) is 29.1. The smallest absolute Gasteiger partial charge is 0.292 e. The lowest BCUT2D eigenvalue weighted by Crippen LogP contribution is -2.27. The predicted octanol–water partition coefficient (Wildman–Crippen LogP) is 3.44. The number of rotatable bonds is 4. The van der Waals surface area contributed by atoms with Gasteiger partial charge in [-0.25, -0.2) is 0 Å². The first-order chi connectivity index (χ1) is 12.0. The molecule has 7 nitrogen and oxygen atoms in total. The number of hydrogen-bond acceptors (Lipinski definition) is 7. The Hall–Kier alpha value is -2.78. The Balaban J connectivity index is 1.95. The quantitative estimate of drug-likeness (QED) is 0.381. The number of anilines is 2. The van der Waals surface area contributed by atoms with E-state index in [1.807, 2.05) is 0 Å². The molecule has 1 aromatic carbocycles. The molecular weight excluding hydrogens is 360 g/mol. The van der Waals surface area contributed by atoms with Crippen molar-refractivity contribution < 1.29 is 9.72 Å². The zero-order valence-corrected chi connectivity index (χ0v) is 14.6. The molecule has 0 atom stereocenters. The van der Waals surface area contributed by atoms with Crippen molar-refractivity contribution in [2.75, 3.05) is 17.3 Å². The molecule has 126 valence electrons. The molecule has 2 heterocycles. The molecule has 0 saturated carbocycles. The number of amides is 1. The van der Waals surface area contributed by atoms with Crippen LogP contribution in [-0.2, 0) is 4.79 Å². The van der Waals surface area contributed by atoms with Gasteiger partial charge in [0, 0.05) is 19.3 Å². The van der Waals surface area contributed by atoms with Crippen LogP contribution in [0.5, 0.6) is 0 Å². The number of nitrogens with zero attached hydrogens (tertiary/aromatic N) is 3. The Kier molecular flexibility index (Phi) is 4.77. The monoisotopic (exact) mass is 372 g/mol. The summed E-state index contributed by atoms with van der Waals surface area (Å²) in [6, 6.07) is 8.19. The van der Waals surface area contributed by atoms with E-state index in [4.69, 9.17) is 12.2 Å². The molecular formula is C16H12N4O3S2. The number of hydrogen-bond donors (Lipinski definition) is 1. The standard InChI is InChI=1S/C16H12N4O3S2/c1-17-12-5-4-10(7-13(12)20(22)23)8-14-15(21)19(16(24)25-14)11-3-2-6-18-9-11/h2-9,17H,1H3/b14-8-. The van der Waals surface area contributed by atoms with Crippen molar-refractivity contribution in [3.63, 3.8) is 0 Å². The SMILES string of the molecule is CNc1ccc(/C=C2\SC(=S)N(c3cccnc3)C2=O)cc1[N+](=O)[O-]. The minimum absolute atomic E-state index is 0.0565. The number of pyridine rings is 1. The minimum atomic E-state index is -0.468. The Labute approximate surface area is 152 Å². The Bertz CT molecular complexity index is 900. The first-order valence-corrected chi connectivity index (χ1v) is 8.38. The van der Waals surface area contributed by atoms with Gasteiger partial charge < -0.3 is 5.32 Å². The second-order valence-corrected chi connectivity index (χ2v) is 6.69. The molecule has 1 aliphatic heterocycles. The number of thioether (sulfide) groups is 1. The number of carbonyl (C=O) groups is 1. The van der Waals surface area contributed by atoms with Crippen LogP contribution in [0.4, 0.5) is 17.1 Å². The van der Waals surface area contributed by atoms with Gasteiger partial charge in [-0.1, -0.05) is 30.0 Å². The van der Waals surface area contributed by atoms with Gasteiger partial charge in [-0.05, 0) is 29.8 Å². The van der Waals surface area contributed by atoms with Crippen molar-refractivity contribution in [3.8, 4) is 0 Å². The van der Waals surface area contributed by atoms with Crippen LogP contribution in [0.1, 0.15) is 5.56 Å². The summed E-state index contributed by atoms with van der Waals surface area (Å²) in [6.45, 7) is 0. The van der Waals surface area contributed by atoms with Crippen LogP contribution < -0.4 is 10.2 Å². The molecule has 0 bridgehead atoms. The molecule has 1 amide bonds. The van der Waals surface area contributed by atoms with Gasteiger partial charge >= 0.3 is 0 Å². The van der Waals surface area contributed by atoms with Gasteiger partial charge in [-0.2, -0.15) is 0 Å². The fourth-order valence-corrected chi connectivity index (χ4v) is 3.63. The molecule has 0 unspecified atom stereocenters. The second kappa shape index (κ2) is 6.99. The molecule has 1 aliphatic rings. The van der Waals surface area contributed by atoms with Gasteiger partial charge in [-0.15, -0.1) is 0 Å². The maximum Gasteiger partial charge on any atom is 0.292 e. The number of aromatic nitrogens is 1. The maximum atomic E-state index is 12.6. The highest BCUT2D eigenvalue weighted by Gasteiger charge is 2.33. The summed E-state index contributed by atoms with van der Waals surface area (Å²) in [7, 11) is 1.61. The maximum absolute atomic E-state index is 12.6. The normalized spacial score (nSPS) is 15.7. The Morgan fingerprint density at radius 2 is 2.20 bits per heavy atom. The van der Waals surface area contributed by atoms with Gasteiger partial charge in [0.15, 0.2) is 4.32 Å². The summed E-state index contributed by atoms with van der Waals surface area (Å²) in [6.07, 6.45) is 4.77. The molecule has 1 saturated heterocycles. The number of nitro benzene ring substituents is 1. The van der Waals surface area contributed by atoms with Crippen LogP contribution in [-0.4, -0.2) is 27.2 Å². The highest BCUT2D eigenvalue weighted by Crippen LogP contribution is 2.36. The van der Waals surface area contributed by atoms with Crippen molar-refractivity contribution in [1.29, 1.82) is 0 Å². The van der Waals surface area contributed by atoms with Gasteiger partial charge in [0.25, 0.3) is 11.6 Å². The first-order valence-electron chi connectivity index (χ1n) is 7.15. The van der Waals surface area contributed by atoms with Crippen LogP contribution in [0.25, 0.3) is 6.08 Å². The molecule has 1 fully saturated rings. The van der Waals surface area contributed by atoms with E-state index in [-0.39, 0.29) is 11.6 Å². The molecule has 0 radical (unpaired) electrons. The van der Waals surface area contributed by atoms with Crippen molar-refractivity contribution in [3.05, 3.63) is 63.3 Å². The number of thiocarbonyl (C=S) groups is 1. The van der Waals surface area contributed by atoms with E-state index in [1.54, 1.807) is 49.8 Å². The van der Waals surface area contributed by atoms with Crippen molar-refractivity contribution >= 4 is 57.3 Å². The van der Waals surface area contributed by atoms with Crippen LogP contribution in [0.15, 0.2) is 47.6 Å². The molecule has 0 spiro atoms. The van der Waals surface area contributed by atoms with E-state index in [2.05, 4.69) is 10.3 Å². The minimum Gasteiger partial charge on any atom is -0.383 e. The summed E-state index contributed by atoms with van der Waals surface area (Å²) in [5.74, 6) is -0.275. The lowest BCUT2D eigenvalue weighted by atomic mass is 10.1. The first kappa shape index (κ1) is 17.1. The largest absolute Gasteiger partial charge is 0.383 e.